The maximum Gasteiger partial charge on any atom is 0.325 e. The summed E-state index contributed by atoms with van der Waals surface area (Å²) in [4.78, 5) is 27.4. The molecule has 0 saturated heterocycles. The van der Waals surface area contributed by atoms with Gasteiger partial charge in [-0.3, -0.25) is 9.59 Å². The third kappa shape index (κ3) is 6.71. The first kappa shape index (κ1) is 30.2. The van der Waals surface area contributed by atoms with Gasteiger partial charge in [0.2, 0.25) is 0 Å². The van der Waals surface area contributed by atoms with Gasteiger partial charge in [-0.2, -0.15) is 0 Å². The molecule has 43 heavy (non-hydrogen) atoms. The smallest absolute Gasteiger partial charge is 0.325 e. The van der Waals surface area contributed by atoms with Crippen LogP contribution < -0.4 is 9.47 Å². The van der Waals surface area contributed by atoms with Crippen molar-refractivity contribution in [3.8, 4) is 23.0 Å². The molecule has 0 aromatic heterocycles. The molecule has 0 bridgehead atoms. The predicted octanol–water partition coefficient (Wildman–Crippen LogP) is 9.02. The first-order valence-corrected chi connectivity index (χ1v) is 14.5. The highest BCUT2D eigenvalue weighted by Gasteiger charge is 2.81. The molecule has 1 saturated carbocycles. The van der Waals surface area contributed by atoms with Gasteiger partial charge in [0.25, 0.3) is 0 Å². The summed E-state index contributed by atoms with van der Waals surface area (Å²) in [5.74, 6) is 0.501. The monoisotopic (exact) mass is 616 g/mol. The van der Waals surface area contributed by atoms with Crippen molar-refractivity contribution in [2.24, 2.45) is 16.7 Å². The van der Waals surface area contributed by atoms with Crippen molar-refractivity contribution in [1.82, 2.24) is 0 Å². The van der Waals surface area contributed by atoms with E-state index in [0.29, 0.717) is 34.1 Å². The second-order valence-corrected chi connectivity index (χ2v) is 11.7. The van der Waals surface area contributed by atoms with Gasteiger partial charge in [-0.05, 0) is 65.7 Å². The van der Waals surface area contributed by atoms with Crippen LogP contribution in [0, 0.1) is 16.7 Å². The fraction of sp³-hybridized carbons (Fsp3) is 0.200. The summed E-state index contributed by atoms with van der Waals surface area (Å²) in [5, 5.41) is 0. The molecule has 0 amide bonds. The topological polar surface area (TPSA) is 71.1 Å². The number of halogens is 2. The van der Waals surface area contributed by atoms with Gasteiger partial charge in [0.05, 0.1) is 0 Å². The molecular formula is C35H30Cl2O6. The molecule has 8 heteroatoms. The number of rotatable bonds is 11. The Labute approximate surface area is 260 Å². The third-order valence-electron chi connectivity index (χ3n) is 7.61. The van der Waals surface area contributed by atoms with Crippen molar-refractivity contribution in [2.45, 2.75) is 27.1 Å². The van der Waals surface area contributed by atoms with E-state index in [1.165, 1.54) is 6.08 Å². The number of para-hydroxylation sites is 2. The molecule has 1 atom stereocenters. The highest BCUT2D eigenvalue weighted by molar-refractivity contribution is 6.55. The van der Waals surface area contributed by atoms with Crippen molar-refractivity contribution in [3.05, 3.63) is 131 Å². The first-order valence-electron chi connectivity index (χ1n) is 13.7. The second kappa shape index (κ2) is 12.9. The first-order chi connectivity index (χ1) is 20.7. The molecule has 6 nitrogen and oxygen atoms in total. The lowest BCUT2D eigenvalue weighted by Crippen LogP contribution is -2.34. The summed E-state index contributed by atoms with van der Waals surface area (Å²) < 4.78 is 23.2. The average Bonchev–Trinajstić information content (AvgIpc) is 3.49. The summed E-state index contributed by atoms with van der Waals surface area (Å²) in [5.41, 5.74) is -1.09. The molecule has 4 aromatic rings. The van der Waals surface area contributed by atoms with Crippen molar-refractivity contribution < 1.29 is 28.5 Å². The quantitative estimate of drug-likeness (QED) is 0.124. The lowest BCUT2D eigenvalue weighted by molar-refractivity contribution is -0.168. The standard InChI is InChI=1S/C35H30Cl2O6/c1-34(2)30(21-31(36)37)35(34,32(38)40-22-24-11-9-17-28(19-24)42-26-13-5-3-6-14-26)33(39)41-23-25-12-10-18-29(20-25)43-27-15-7-4-8-16-27/h3-21,30H,22-23H2,1-2H3. The normalized spacial score (nSPS) is 16.0. The molecule has 0 aliphatic heterocycles. The van der Waals surface area contributed by atoms with Crippen LogP contribution in [0.2, 0.25) is 0 Å². The summed E-state index contributed by atoms with van der Waals surface area (Å²) >= 11 is 12.0. The third-order valence-corrected chi connectivity index (χ3v) is 7.86. The molecule has 0 spiro atoms. The Kier molecular flexibility index (Phi) is 9.09. The Morgan fingerprint density at radius 3 is 1.49 bits per heavy atom. The maximum atomic E-state index is 13.7. The van der Waals surface area contributed by atoms with Gasteiger partial charge in [-0.15, -0.1) is 0 Å². The van der Waals surface area contributed by atoms with Crippen LogP contribution in [0.4, 0.5) is 0 Å². The number of benzene rings is 4. The van der Waals surface area contributed by atoms with Gasteiger partial charge < -0.3 is 18.9 Å². The van der Waals surface area contributed by atoms with Crippen LogP contribution in [0.25, 0.3) is 0 Å². The Hall–Kier alpha value is -4.26. The lowest BCUT2D eigenvalue weighted by atomic mass is 9.96. The Morgan fingerprint density at radius 1 is 0.651 bits per heavy atom. The zero-order chi connectivity index (χ0) is 30.5. The number of carbonyl (C=O) groups excluding carboxylic acids is 2. The van der Waals surface area contributed by atoms with Crippen LogP contribution in [0.1, 0.15) is 25.0 Å². The minimum atomic E-state index is -1.63. The van der Waals surface area contributed by atoms with Crippen LogP contribution in [0.5, 0.6) is 23.0 Å². The Balaban J connectivity index is 1.29. The second-order valence-electron chi connectivity index (χ2n) is 10.7. The minimum absolute atomic E-state index is 0.0444. The number of hydrogen-bond acceptors (Lipinski definition) is 6. The van der Waals surface area contributed by atoms with Crippen LogP contribution in [0.15, 0.2) is 120 Å². The largest absolute Gasteiger partial charge is 0.460 e. The van der Waals surface area contributed by atoms with Crippen LogP contribution in [-0.4, -0.2) is 11.9 Å². The van der Waals surface area contributed by atoms with Crippen LogP contribution in [-0.2, 0) is 32.3 Å². The van der Waals surface area contributed by atoms with E-state index in [2.05, 4.69) is 0 Å². The Bertz CT molecular complexity index is 1510. The molecule has 1 aliphatic rings. The Morgan fingerprint density at radius 2 is 1.07 bits per heavy atom. The summed E-state index contributed by atoms with van der Waals surface area (Å²) in [6.45, 7) is 3.44. The summed E-state index contributed by atoms with van der Waals surface area (Å²) in [6.07, 6.45) is 1.49. The van der Waals surface area contributed by atoms with Crippen molar-refractivity contribution in [2.75, 3.05) is 0 Å². The zero-order valence-corrected chi connectivity index (χ0v) is 25.2. The van der Waals surface area contributed by atoms with Crippen LogP contribution in [0.3, 0.4) is 0 Å². The predicted molar refractivity (Wildman–Crippen MR) is 165 cm³/mol. The van der Waals surface area contributed by atoms with Gasteiger partial charge in [0, 0.05) is 11.3 Å². The molecule has 1 aliphatic carbocycles. The highest BCUT2D eigenvalue weighted by atomic mass is 35.5. The summed E-state index contributed by atoms with van der Waals surface area (Å²) in [7, 11) is 0. The van der Waals surface area contributed by atoms with E-state index in [-0.39, 0.29) is 17.7 Å². The molecule has 0 heterocycles. The molecule has 0 radical (unpaired) electrons. The van der Waals surface area contributed by atoms with Crippen LogP contribution >= 0.6 is 23.2 Å². The highest BCUT2D eigenvalue weighted by Crippen LogP contribution is 2.71. The van der Waals surface area contributed by atoms with Gasteiger partial charge in [0.1, 0.15) is 40.7 Å². The number of hydrogen-bond donors (Lipinski definition) is 0. The number of ether oxygens (including phenoxy) is 4. The van der Waals surface area contributed by atoms with E-state index < -0.39 is 28.7 Å². The van der Waals surface area contributed by atoms with Crippen molar-refractivity contribution in [3.63, 3.8) is 0 Å². The van der Waals surface area contributed by atoms with E-state index in [0.717, 1.165) is 0 Å². The number of carbonyl (C=O) groups is 2. The van der Waals surface area contributed by atoms with E-state index >= 15 is 0 Å². The van der Waals surface area contributed by atoms with Gasteiger partial charge in [0.15, 0.2) is 5.41 Å². The molecule has 1 fully saturated rings. The minimum Gasteiger partial charge on any atom is -0.460 e. The van der Waals surface area contributed by atoms with Crippen molar-refractivity contribution >= 4 is 35.1 Å². The van der Waals surface area contributed by atoms with Gasteiger partial charge >= 0.3 is 11.9 Å². The fourth-order valence-corrected chi connectivity index (χ4v) is 5.55. The van der Waals surface area contributed by atoms with E-state index in [4.69, 9.17) is 42.1 Å². The maximum absolute atomic E-state index is 13.7. The van der Waals surface area contributed by atoms with E-state index in [1.807, 2.05) is 84.9 Å². The SMILES string of the molecule is CC1(C)C(C=C(Cl)Cl)C1(C(=O)OCc1cccc(Oc2ccccc2)c1)C(=O)OCc1cccc(Oc2ccccc2)c1. The molecule has 5 rings (SSSR count). The van der Waals surface area contributed by atoms with Gasteiger partial charge in [-0.25, -0.2) is 0 Å². The molecule has 1 unspecified atom stereocenters. The number of allylic oxidation sites excluding steroid dienone is 1. The number of esters is 2. The average molecular weight is 618 g/mol. The zero-order valence-electron chi connectivity index (χ0n) is 23.7. The van der Waals surface area contributed by atoms with E-state index in [1.54, 1.807) is 38.1 Å². The fourth-order valence-electron chi connectivity index (χ4n) is 5.30. The molecule has 4 aromatic carbocycles. The lowest BCUT2D eigenvalue weighted by Gasteiger charge is -2.18. The van der Waals surface area contributed by atoms with Gasteiger partial charge in [-0.1, -0.05) is 97.7 Å². The van der Waals surface area contributed by atoms with E-state index in [9.17, 15) is 9.59 Å². The van der Waals surface area contributed by atoms with Crippen molar-refractivity contribution in [1.29, 1.82) is 0 Å². The molecule has 220 valence electrons. The molecule has 0 N–H and O–H groups in total. The summed E-state index contributed by atoms with van der Waals surface area (Å²) in [6, 6.07) is 33.1. The molecular weight excluding hydrogens is 587 g/mol.